The molecule has 0 aliphatic heterocycles. The van der Waals surface area contributed by atoms with Crippen LogP contribution in [0.5, 0.6) is 0 Å². The first-order valence-corrected chi connectivity index (χ1v) is 9.33. The zero-order valence-corrected chi connectivity index (χ0v) is 16.7. The molecule has 0 bridgehead atoms. The van der Waals surface area contributed by atoms with Crippen LogP contribution in [-0.4, -0.2) is 3.21 Å². The second-order valence-corrected chi connectivity index (χ2v) is 10.6. The van der Waals surface area contributed by atoms with Crippen molar-refractivity contribution >= 4 is 34.1 Å². The van der Waals surface area contributed by atoms with E-state index < -0.39 is 22.8 Å². The minimum atomic E-state index is -0.645. The van der Waals surface area contributed by atoms with Gasteiger partial charge in [0.15, 0.2) is 0 Å². The Morgan fingerprint density at radius 2 is 1.81 bits per heavy atom. The van der Waals surface area contributed by atoms with Gasteiger partial charge in [0, 0.05) is 0 Å². The van der Waals surface area contributed by atoms with Gasteiger partial charge in [-0.25, -0.2) is 0 Å². The molecule has 0 saturated carbocycles. The van der Waals surface area contributed by atoms with E-state index in [9.17, 15) is 0 Å². The normalized spacial score (nSPS) is 21.5. The molecule has 0 radical (unpaired) electrons. The maximum Gasteiger partial charge on any atom is -0.147 e. The van der Waals surface area contributed by atoms with E-state index in [4.69, 9.17) is 0 Å². The Kier molecular flexibility index (Phi) is 6.60. The number of hydrogen-bond acceptors (Lipinski definition) is 0. The first-order valence-electron chi connectivity index (χ1n) is 6.87. The molecule has 0 nitrogen and oxygen atoms in total. The third-order valence-corrected chi connectivity index (χ3v) is 8.00. The van der Waals surface area contributed by atoms with Crippen molar-refractivity contribution in [1.82, 2.24) is 0 Å². The molecular formula is C18H21Cl2Zr. The van der Waals surface area contributed by atoms with Gasteiger partial charge in [-0.15, -0.1) is 24.8 Å². The molecule has 1 aromatic carbocycles. The van der Waals surface area contributed by atoms with Crippen LogP contribution < -0.4 is 0 Å². The predicted molar refractivity (Wildman–Crippen MR) is 94.5 cm³/mol. The minimum Gasteiger partial charge on any atom is -0.147 e. The van der Waals surface area contributed by atoms with Crippen molar-refractivity contribution in [3.05, 3.63) is 64.8 Å². The Labute approximate surface area is 151 Å². The Morgan fingerprint density at radius 1 is 1.10 bits per heavy atom. The Balaban J connectivity index is 0.00000110. The van der Waals surface area contributed by atoms with Gasteiger partial charge >= 0.3 is 127 Å². The van der Waals surface area contributed by atoms with Gasteiger partial charge in [-0.3, -0.25) is 0 Å². The average molecular weight is 399 g/mol. The van der Waals surface area contributed by atoms with Gasteiger partial charge in [-0.05, 0) is 0 Å². The summed E-state index contributed by atoms with van der Waals surface area (Å²) in [5.74, 6) is 0. The van der Waals surface area contributed by atoms with Crippen molar-refractivity contribution in [3.63, 3.8) is 0 Å². The first-order chi connectivity index (χ1) is 9.13. The summed E-state index contributed by atoms with van der Waals surface area (Å²) in [6.07, 6.45) is 10.6. The fraction of sp³-hybridized carbons (Fsp3) is 0.278. The molecular weight excluding hydrogens is 378 g/mol. The van der Waals surface area contributed by atoms with Gasteiger partial charge < -0.3 is 0 Å². The van der Waals surface area contributed by atoms with Crippen LogP contribution in [0.3, 0.4) is 0 Å². The minimum absolute atomic E-state index is 0. The van der Waals surface area contributed by atoms with Gasteiger partial charge in [-0.2, -0.15) is 0 Å². The van der Waals surface area contributed by atoms with Crippen LogP contribution in [-0.2, 0) is 25.9 Å². The quantitative estimate of drug-likeness (QED) is 0.631. The van der Waals surface area contributed by atoms with E-state index in [1.807, 2.05) is 0 Å². The van der Waals surface area contributed by atoms with Crippen LogP contribution in [0.2, 0.25) is 0 Å². The maximum atomic E-state index is 2.50. The largest absolute Gasteiger partial charge is 0.147 e. The van der Waals surface area contributed by atoms with Crippen LogP contribution in [0, 0.1) is 0 Å². The molecule has 3 heteroatoms. The molecule has 0 saturated heterocycles. The predicted octanol–water partition coefficient (Wildman–Crippen LogP) is 5.32. The molecule has 2 aliphatic rings. The van der Waals surface area contributed by atoms with Gasteiger partial charge in [0.2, 0.25) is 0 Å². The molecule has 0 N–H and O–H groups in total. The van der Waals surface area contributed by atoms with Crippen molar-refractivity contribution < 1.29 is 22.8 Å². The number of rotatable bonds is 2. The fourth-order valence-corrected chi connectivity index (χ4v) is 7.58. The van der Waals surface area contributed by atoms with Crippen molar-refractivity contribution in [2.75, 3.05) is 0 Å². The SMILES string of the molecule is C[C](C)=[Zr][C]1(C2=C(C)C=CC2)C=Cc2ccccc21.Cl.Cl. The molecule has 0 spiro atoms. The standard InChI is InChI=1S/C15H13.C3H6.2ClH.Zr/c1-11-5-4-8-13(11)15-10-9-12-6-2-3-7-14(12)15;1-3-2;;;/h2-7,9-10H,8H2,1H3;1-2H3;2*1H;. The molecule has 1 atom stereocenters. The number of allylic oxidation sites excluding steroid dienone is 5. The summed E-state index contributed by atoms with van der Waals surface area (Å²) in [4.78, 5) is 0. The van der Waals surface area contributed by atoms with Crippen molar-refractivity contribution in [1.29, 1.82) is 0 Å². The molecule has 0 aromatic heterocycles. The molecule has 0 heterocycles. The van der Waals surface area contributed by atoms with E-state index in [0.717, 1.165) is 6.42 Å². The second kappa shape index (κ2) is 7.36. The zero-order chi connectivity index (χ0) is 13.5. The van der Waals surface area contributed by atoms with Gasteiger partial charge in [0.25, 0.3) is 0 Å². The van der Waals surface area contributed by atoms with Crippen molar-refractivity contribution in [3.8, 4) is 0 Å². The summed E-state index contributed by atoms with van der Waals surface area (Å²) in [6, 6.07) is 8.96. The Bertz CT molecular complexity index is 649. The fourth-order valence-electron chi connectivity index (χ4n) is 3.24. The molecule has 111 valence electrons. The number of benzene rings is 1. The molecule has 0 fully saturated rings. The van der Waals surface area contributed by atoms with Crippen LogP contribution in [0.25, 0.3) is 6.08 Å². The summed E-state index contributed by atoms with van der Waals surface area (Å²) in [5, 5.41) is 0. The first kappa shape index (κ1) is 18.8. The van der Waals surface area contributed by atoms with E-state index in [2.05, 4.69) is 69.3 Å². The van der Waals surface area contributed by atoms with Crippen LogP contribution in [0.15, 0.2) is 53.6 Å². The molecule has 1 unspecified atom stereocenters. The van der Waals surface area contributed by atoms with Crippen molar-refractivity contribution in [2.24, 2.45) is 0 Å². The van der Waals surface area contributed by atoms with Crippen LogP contribution in [0.1, 0.15) is 38.3 Å². The van der Waals surface area contributed by atoms with Gasteiger partial charge in [-0.1, -0.05) is 0 Å². The smallest absolute Gasteiger partial charge is 0.147 e. The molecule has 0 amide bonds. The topological polar surface area (TPSA) is 0 Å². The summed E-state index contributed by atoms with van der Waals surface area (Å²) >= 11 is -0.645. The number of halogens is 2. The van der Waals surface area contributed by atoms with Crippen LogP contribution in [0.4, 0.5) is 0 Å². The van der Waals surface area contributed by atoms with E-state index in [0.29, 0.717) is 0 Å². The number of hydrogen-bond donors (Lipinski definition) is 0. The molecule has 21 heavy (non-hydrogen) atoms. The summed E-state index contributed by atoms with van der Waals surface area (Å²) < 4.78 is 1.93. The van der Waals surface area contributed by atoms with E-state index in [1.54, 1.807) is 14.3 Å². The summed E-state index contributed by atoms with van der Waals surface area (Å²) in [6.45, 7) is 6.92. The molecule has 1 aromatic rings. The monoisotopic (exact) mass is 397 g/mol. The summed E-state index contributed by atoms with van der Waals surface area (Å²) in [5.41, 5.74) is 6.13. The third-order valence-electron chi connectivity index (χ3n) is 3.99. The second-order valence-electron chi connectivity index (χ2n) is 5.62. The summed E-state index contributed by atoms with van der Waals surface area (Å²) in [7, 11) is 0. The van der Waals surface area contributed by atoms with Crippen LogP contribution >= 0.6 is 24.8 Å². The van der Waals surface area contributed by atoms with Gasteiger partial charge in [0.05, 0.1) is 0 Å². The molecule has 2 aliphatic carbocycles. The average Bonchev–Trinajstić information content (AvgIpc) is 2.95. The van der Waals surface area contributed by atoms with E-state index in [-0.39, 0.29) is 27.9 Å². The third kappa shape index (κ3) is 3.26. The van der Waals surface area contributed by atoms with Gasteiger partial charge in [0.1, 0.15) is 0 Å². The zero-order valence-electron chi connectivity index (χ0n) is 12.6. The number of fused-ring (bicyclic) bond motifs is 1. The van der Waals surface area contributed by atoms with E-state index >= 15 is 0 Å². The van der Waals surface area contributed by atoms with Crippen molar-refractivity contribution in [2.45, 2.75) is 30.3 Å². The maximum absolute atomic E-state index is 2.50. The Hall–Kier alpha value is -0.227. The Morgan fingerprint density at radius 3 is 2.43 bits per heavy atom. The van der Waals surface area contributed by atoms with E-state index in [1.165, 1.54) is 11.1 Å². The molecule has 3 rings (SSSR count).